The molecule has 0 radical (unpaired) electrons. The summed E-state index contributed by atoms with van der Waals surface area (Å²) in [5, 5.41) is 4.02. The van der Waals surface area contributed by atoms with Crippen LogP contribution in [0.4, 0.5) is 10.8 Å². The van der Waals surface area contributed by atoms with Gasteiger partial charge in [0.05, 0.1) is 11.9 Å². The number of sulfonamides is 1. The lowest BCUT2D eigenvalue weighted by molar-refractivity contribution is 0.600. The van der Waals surface area contributed by atoms with E-state index >= 15 is 0 Å². The number of anilines is 2. The highest BCUT2D eigenvalue weighted by Crippen LogP contribution is 2.19. The van der Waals surface area contributed by atoms with E-state index in [2.05, 4.69) is 28.5 Å². The maximum atomic E-state index is 11.5. The lowest BCUT2D eigenvalue weighted by atomic mass is 10.2. The molecule has 0 saturated heterocycles. The molecule has 2 aromatic rings. The minimum absolute atomic E-state index is 0.317. The Balaban J connectivity index is 1.99. The average Bonchev–Trinajstić information content (AvgIpc) is 2.93. The van der Waals surface area contributed by atoms with Crippen LogP contribution in [-0.4, -0.2) is 31.1 Å². The van der Waals surface area contributed by atoms with Crippen LogP contribution in [0, 0.1) is 0 Å². The Labute approximate surface area is 135 Å². The van der Waals surface area contributed by atoms with Crippen molar-refractivity contribution in [2.75, 3.05) is 22.9 Å². The number of aromatic nitrogens is 2. The highest BCUT2D eigenvalue weighted by molar-refractivity contribution is 7.92. The van der Waals surface area contributed by atoms with Gasteiger partial charge < -0.3 is 5.32 Å². The monoisotopic (exact) mass is 340 g/mol. The Hall–Kier alpha value is -1.67. The summed E-state index contributed by atoms with van der Waals surface area (Å²) >= 11 is 1.35. The number of nitrogens with zero attached hydrogens (tertiary/aromatic N) is 3. The molecule has 0 fully saturated rings. The number of benzene rings is 1. The normalized spacial score (nSPS) is 11.7. The van der Waals surface area contributed by atoms with Gasteiger partial charge in [0.2, 0.25) is 15.2 Å². The Morgan fingerprint density at radius 3 is 2.41 bits per heavy atom. The van der Waals surface area contributed by atoms with Gasteiger partial charge in [-0.15, -0.1) is 0 Å². The molecule has 0 aliphatic heterocycles. The Kier molecular flexibility index (Phi) is 5.02. The van der Waals surface area contributed by atoms with Crippen molar-refractivity contribution in [3.05, 3.63) is 35.7 Å². The second kappa shape index (κ2) is 6.62. The van der Waals surface area contributed by atoms with E-state index in [-0.39, 0.29) is 0 Å². The molecule has 2 rings (SSSR count). The molecule has 8 heteroatoms. The van der Waals surface area contributed by atoms with Gasteiger partial charge in [0.25, 0.3) is 0 Å². The number of hydrogen-bond donors (Lipinski definition) is 1. The molecule has 0 amide bonds. The van der Waals surface area contributed by atoms with Crippen LogP contribution in [0.2, 0.25) is 0 Å². The summed E-state index contributed by atoms with van der Waals surface area (Å²) in [7, 11) is -1.69. The van der Waals surface area contributed by atoms with Crippen LogP contribution in [0.15, 0.2) is 24.3 Å². The molecule has 0 unspecified atom stereocenters. The summed E-state index contributed by atoms with van der Waals surface area (Å²) in [6, 6.07) is 7.37. The molecule has 0 saturated carbocycles. The minimum atomic E-state index is -3.23. The molecule has 0 bridgehead atoms. The van der Waals surface area contributed by atoms with Crippen LogP contribution in [0.1, 0.15) is 31.2 Å². The van der Waals surface area contributed by atoms with Gasteiger partial charge in [0.15, 0.2) is 0 Å². The molecule has 0 spiro atoms. The van der Waals surface area contributed by atoms with Crippen LogP contribution in [0.5, 0.6) is 0 Å². The quantitative estimate of drug-likeness (QED) is 0.875. The predicted molar refractivity (Wildman–Crippen MR) is 91.0 cm³/mol. The van der Waals surface area contributed by atoms with E-state index in [1.54, 1.807) is 12.1 Å². The van der Waals surface area contributed by atoms with E-state index < -0.39 is 10.0 Å². The van der Waals surface area contributed by atoms with Gasteiger partial charge in [-0.2, -0.15) is 4.37 Å². The molecule has 0 aliphatic rings. The van der Waals surface area contributed by atoms with E-state index in [1.807, 2.05) is 12.1 Å². The van der Waals surface area contributed by atoms with Crippen LogP contribution < -0.4 is 9.62 Å². The van der Waals surface area contributed by atoms with Gasteiger partial charge in [0, 0.05) is 31.0 Å². The lowest BCUT2D eigenvalue weighted by Crippen LogP contribution is -2.24. The first-order valence-corrected chi connectivity index (χ1v) is 9.50. The minimum Gasteiger partial charge on any atom is -0.356 e. The molecule has 0 atom stereocenters. The van der Waals surface area contributed by atoms with E-state index in [0.717, 1.165) is 16.5 Å². The van der Waals surface area contributed by atoms with E-state index in [9.17, 15) is 8.42 Å². The third-order valence-electron chi connectivity index (χ3n) is 3.20. The van der Waals surface area contributed by atoms with E-state index in [0.29, 0.717) is 18.2 Å². The van der Waals surface area contributed by atoms with Gasteiger partial charge in [0.1, 0.15) is 5.82 Å². The average molecular weight is 340 g/mol. The van der Waals surface area contributed by atoms with Gasteiger partial charge in [-0.1, -0.05) is 26.0 Å². The third kappa shape index (κ3) is 4.17. The van der Waals surface area contributed by atoms with Crippen molar-refractivity contribution in [3.63, 3.8) is 0 Å². The molecule has 120 valence electrons. The highest BCUT2D eigenvalue weighted by atomic mass is 32.2. The molecular weight excluding hydrogens is 320 g/mol. The fourth-order valence-corrected chi connectivity index (χ4v) is 2.94. The van der Waals surface area contributed by atoms with E-state index in [4.69, 9.17) is 0 Å². The molecule has 1 heterocycles. The molecule has 22 heavy (non-hydrogen) atoms. The summed E-state index contributed by atoms with van der Waals surface area (Å²) in [5.74, 6) is 1.16. The first kappa shape index (κ1) is 16.7. The van der Waals surface area contributed by atoms with Gasteiger partial charge in [-0.25, -0.2) is 13.4 Å². The molecular formula is C14H20N4O2S2. The zero-order chi connectivity index (χ0) is 16.3. The lowest BCUT2D eigenvalue weighted by Gasteiger charge is -2.16. The Morgan fingerprint density at radius 1 is 1.27 bits per heavy atom. The molecule has 1 aromatic carbocycles. The van der Waals surface area contributed by atoms with Crippen LogP contribution in [0.3, 0.4) is 0 Å². The second-order valence-electron chi connectivity index (χ2n) is 5.36. The maximum Gasteiger partial charge on any atom is 0.231 e. The van der Waals surface area contributed by atoms with Crippen LogP contribution >= 0.6 is 11.5 Å². The molecule has 6 nitrogen and oxygen atoms in total. The van der Waals surface area contributed by atoms with Crippen molar-refractivity contribution in [1.82, 2.24) is 9.36 Å². The Morgan fingerprint density at radius 2 is 1.91 bits per heavy atom. The van der Waals surface area contributed by atoms with Crippen molar-refractivity contribution in [1.29, 1.82) is 0 Å². The standard InChI is InChI=1S/C14H20N4O2S2/c1-10(2)13-16-14(21-17-13)15-9-11-5-7-12(8-6-11)18(3)22(4,19)20/h5-8,10H,9H2,1-4H3,(H,15,16,17). The maximum absolute atomic E-state index is 11.5. The van der Waals surface area contributed by atoms with Crippen molar-refractivity contribution in [2.24, 2.45) is 0 Å². The third-order valence-corrected chi connectivity index (χ3v) is 5.09. The second-order valence-corrected chi connectivity index (χ2v) is 8.13. The SMILES string of the molecule is CC(C)c1nsc(NCc2ccc(N(C)S(C)(=O)=O)cc2)n1. The van der Waals surface area contributed by atoms with Crippen molar-refractivity contribution >= 4 is 32.4 Å². The largest absolute Gasteiger partial charge is 0.356 e. The number of rotatable bonds is 6. The summed E-state index contributed by atoms with van der Waals surface area (Å²) in [4.78, 5) is 4.41. The zero-order valence-electron chi connectivity index (χ0n) is 13.1. The Bertz CT molecular complexity index is 724. The van der Waals surface area contributed by atoms with Crippen molar-refractivity contribution in [3.8, 4) is 0 Å². The van der Waals surface area contributed by atoms with Crippen LogP contribution in [-0.2, 0) is 16.6 Å². The summed E-state index contributed by atoms with van der Waals surface area (Å²) < 4.78 is 28.5. The van der Waals surface area contributed by atoms with Crippen LogP contribution in [0.25, 0.3) is 0 Å². The number of hydrogen-bond acceptors (Lipinski definition) is 6. The van der Waals surface area contributed by atoms with Gasteiger partial charge in [-0.05, 0) is 17.7 Å². The topological polar surface area (TPSA) is 75.2 Å². The molecule has 1 aromatic heterocycles. The smallest absolute Gasteiger partial charge is 0.231 e. The molecule has 0 aliphatic carbocycles. The predicted octanol–water partition coefficient (Wildman–Crippen LogP) is 2.67. The van der Waals surface area contributed by atoms with Crippen molar-refractivity contribution in [2.45, 2.75) is 26.3 Å². The van der Waals surface area contributed by atoms with Gasteiger partial charge >= 0.3 is 0 Å². The molecule has 1 N–H and O–H groups in total. The zero-order valence-corrected chi connectivity index (χ0v) is 14.7. The van der Waals surface area contributed by atoms with E-state index in [1.165, 1.54) is 29.1 Å². The summed E-state index contributed by atoms with van der Waals surface area (Å²) in [6.45, 7) is 4.74. The fourth-order valence-electron chi connectivity index (χ4n) is 1.73. The highest BCUT2D eigenvalue weighted by Gasteiger charge is 2.11. The first-order chi connectivity index (χ1) is 10.3. The van der Waals surface area contributed by atoms with Crippen molar-refractivity contribution < 1.29 is 8.42 Å². The van der Waals surface area contributed by atoms with Gasteiger partial charge in [-0.3, -0.25) is 4.31 Å². The fraction of sp³-hybridized carbons (Fsp3) is 0.429. The number of nitrogens with one attached hydrogen (secondary N) is 1. The first-order valence-electron chi connectivity index (χ1n) is 6.87. The summed E-state index contributed by atoms with van der Waals surface area (Å²) in [5.41, 5.74) is 1.69. The summed E-state index contributed by atoms with van der Waals surface area (Å²) in [6.07, 6.45) is 1.18.